The summed E-state index contributed by atoms with van der Waals surface area (Å²) in [6.07, 6.45) is 3.14. The molecule has 34 heavy (non-hydrogen) atoms. The molecular weight excluding hydrogens is 454 g/mol. The lowest BCUT2D eigenvalue weighted by Crippen LogP contribution is -2.49. The fraction of sp³-hybridized carbons (Fsp3) is 0.292. The number of thioether (sulfide) groups is 1. The zero-order valence-corrected chi connectivity index (χ0v) is 19.6. The number of hydrogen-bond donors (Lipinski definition) is 1. The summed E-state index contributed by atoms with van der Waals surface area (Å²) in [6.45, 7) is 4.32. The van der Waals surface area contributed by atoms with E-state index < -0.39 is 4.92 Å². The Bertz CT molecular complexity index is 1230. The van der Waals surface area contributed by atoms with E-state index in [1.165, 1.54) is 24.0 Å². The number of nitro benzene ring substituents is 1. The largest absolute Gasteiger partial charge is 0.367 e. The van der Waals surface area contributed by atoms with E-state index in [-0.39, 0.29) is 29.0 Å². The maximum atomic E-state index is 12.6. The van der Waals surface area contributed by atoms with Gasteiger partial charge in [0.15, 0.2) is 0 Å². The maximum absolute atomic E-state index is 12.6. The van der Waals surface area contributed by atoms with Gasteiger partial charge in [0.25, 0.3) is 5.69 Å². The van der Waals surface area contributed by atoms with Crippen LogP contribution in [-0.4, -0.2) is 64.3 Å². The van der Waals surface area contributed by atoms with Crippen molar-refractivity contribution in [2.45, 2.75) is 6.92 Å². The Labute approximate surface area is 201 Å². The number of nitrogens with zero attached hydrogens (tertiary/aromatic N) is 4. The topological polar surface area (TPSA) is 109 Å². The summed E-state index contributed by atoms with van der Waals surface area (Å²) in [6, 6.07) is 12.6. The number of carbonyl (C=O) groups excluding carboxylic acids is 2. The van der Waals surface area contributed by atoms with Crippen LogP contribution in [0.3, 0.4) is 0 Å². The van der Waals surface area contributed by atoms with Crippen molar-refractivity contribution in [3.05, 3.63) is 70.5 Å². The monoisotopic (exact) mass is 479 g/mol. The molecular formula is C24H25N5O4S. The number of aryl methyl sites for hydroxylation is 1. The highest BCUT2D eigenvalue weighted by Crippen LogP contribution is 2.33. The van der Waals surface area contributed by atoms with E-state index in [0.29, 0.717) is 31.6 Å². The number of benzene rings is 2. The molecule has 3 aromatic rings. The van der Waals surface area contributed by atoms with Crippen LogP contribution in [0.2, 0.25) is 0 Å². The molecule has 1 aromatic heterocycles. The van der Waals surface area contributed by atoms with Gasteiger partial charge in [-0.05, 0) is 36.8 Å². The lowest BCUT2D eigenvalue weighted by atomic mass is 10.1. The maximum Gasteiger partial charge on any atom is 0.278 e. The number of aromatic nitrogens is 1. The van der Waals surface area contributed by atoms with E-state index >= 15 is 0 Å². The van der Waals surface area contributed by atoms with Crippen molar-refractivity contribution in [3.63, 3.8) is 0 Å². The molecule has 0 spiro atoms. The molecule has 1 aliphatic rings. The molecule has 0 unspecified atom stereocenters. The number of nitro groups is 1. The minimum absolute atomic E-state index is 0.00534. The van der Waals surface area contributed by atoms with Gasteiger partial charge in [-0.2, -0.15) is 0 Å². The minimum atomic E-state index is -0.400. The van der Waals surface area contributed by atoms with Crippen molar-refractivity contribution < 1.29 is 14.5 Å². The molecule has 4 rings (SSSR count). The van der Waals surface area contributed by atoms with Crippen LogP contribution < -0.4 is 10.2 Å². The van der Waals surface area contributed by atoms with Crippen molar-refractivity contribution in [1.82, 2.24) is 9.88 Å². The summed E-state index contributed by atoms with van der Waals surface area (Å²) in [5.74, 6) is 0.328. The van der Waals surface area contributed by atoms with Crippen LogP contribution in [0.4, 0.5) is 17.1 Å². The normalized spacial score (nSPS) is 13.7. The number of nitrogens with one attached hydrogen (secondary N) is 1. The van der Waals surface area contributed by atoms with Gasteiger partial charge in [-0.1, -0.05) is 12.1 Å². The molecule has 2 heterocycles. The standard InChI is InChI=1S/C24H25N5O4S/c1-17-3-2-4-18(13-17)26-23(30)15-34-16-24(31)28-11-9-27(10-12-28)21-5-6-22(29(32)33)20-14-25-8-7-19(20)21/h2-8,13-14H,9-12,15-16H2,1H3,(H,26,30). The summed E-state index contributed by atoms with van der Waals surface area (Å²) in [5.41, 5.74) is 2.75. The molecule has 1 saturated heterocycles. The highest BCUT2D eigenvalue weighted by Gasteiger charge is 2.24. The molecule has 0 aliphatic carbocycles. The summed E-state index contributed by atoms with van der Waals surface area (Å²) in [5, 5.41) is 15.5. The number of amides is 2. The second-order valence-electron chi connectivity index (χ2n) is 8.06. The van der Waals surface area contributed by atoms with Crippen molar-refractivity contribution in [1.29, 1.82) is 0 Å². The van der Waals surface area contributed by atoms with Crippen LogP contribution >= 0.6 is 11.8 Å². The number of non-ortho nitro benzene ring substituents is 1. The molecule has 0 bridgehead atoms. The summed E-state index contributed by atoms with van der Waals surface area (Å²) in [7, 11) is 0. The molecule has 9 nitrogen and oxygen atoms in total. The van der Waals surface area contributed by atoms with Gasteiger partial charge >= 0.3 is 0 Å². The molecule has 0 atom stereocenters. The first-order valence-corrected chi connectivity index (χ1v) is 12.1. The Balaban J connectivity index is 1.28. The third kappa shape index (κ3) is 5.45. The van der Waals surface area contributed by atoms with Crippen molar-refractivity contribution in [3.8, 4) is 0 Å². The molecule has 1 N–H and O–H groups in total. The number of hydrogen-bond acceptors (Lipinski definition) is 7. The number of fused-ring (bicyclic) bond motifs is 1. The van der Waals surface area contributed by atoms with E-state index in [1.54, 1.807) is 23.2 Å². The predicted octanol–water partition coefficient (Wildman–Crippen LogP) is 3.47. The summed E-state index contributed by atoms with van der Waals surface area (Å²) in [4.78, 5) is 43.7. The highest BCUT2D eigenvalue weighted by atomic mass is 32.2. The lowest BCUT2D eigenvalue weighted by molar-refractivity contribution is -0.383. The van der Waals surface area contributed by atoms with E-state index in [4.69, 9.17) is 0 Å². The first-order chi connectivity index (χ1) is 16.4. The SMILES string of the molecule is Cc1cccc(NC(=O)CSCC(=O)N2CCN(c3ccc([N+](=O)[O-])c4cnccc34)CC2)c1. The van der Waals surface area contributed by atoms with Gasteiger partial charge in [0.05, 0.1) is 21.8 Å². The molecule has 2 amide bonds. The van der Waals surface area contributed by atoms with Crippen LogP contribution in [0.25, 0.3) is 10.8 Å². The van der Waals surface area contributed by atoms with Gasteiger partial charge in [0, 0.05) is 61.4 Å². The van der Waals surface area contributed by atoms with Gasteiger partial charge in [-0.25, -0.2) is 0 Å². The fourth-order valence-corrected chi connectivity index (χ4v) is 4.75. The summed E-state index contributed by atoms with van der Waals surface area (Å²) < 4.78 is 0. The number of carbonyl (C=O) groups is 2. The predicted molar refractivity (Wildman–Crippen MR) is 134 cm³/mol. The molecule has 176 valence electrons. The first kappa shape index (κ1) is 23.5. The quantitative estimate of drug-likeness (QED) is 0.408. The van der Waals surface area contributed by atoms with Crippen molar-refractivity contribution in [2.24, 2.45) is 0 Å². The van der Waals surface area contributed by atoms with Crippen molar-refractivity contribution in [2.75, 3.05) is 47.9 Å². The molecule has 1 aliphatic heterocycles. The van der Waals surface area contributed by atoms with Gasteiger partial charge in [0.2, 0.25) is 11.8 Å². The van der Waals surface area contributed by atoms with E-state index in [9.17, 15) is 19.7 Å². The Morgan fingerprint density at radius 2 is 1.88 bits per heavy atom. The zero-order chi connectivity index (χ0) is 24.1. The van der Waals surface area contributed by atoms with E-state index in [0.717, 1.165) is 22.3 Å². The van der Waals surface area contributed by atoms with Crippen LogP contribution in [0.1, 0.15) is 5.56 Å². The summed E-state index contributed by atoms with van der Waals surface area (Å²) >= 11 is 1.30. The second-order valence-corrected chi connectivity index (χ2v) is 9.05. The average molecular weight is 480 g/mol. The van der Waals surface area contributed by atoms with Gasteiger partial charge in [-0.15, -0.1) is 11.8 Å². The Hall–Kier alpha value is -3.66. The number of pyridine rings is 1. The third-order valence-corrected chi connectivity index (χ3v) is 6.62. The van der Waals surface area contributed by atoms with E-state index in [2.05, 4.69) is 15.2 Å². The van der Waals surface area contributed by atoms with Gasteiger partial charge in [-0.3, -0.25) is 24.7 Å². The smallest absolute Gasteiger partial charge is 0.278 e. The number of anilines is 2. The molecule has 10 heteroatoms. The van der Waals surface area contributed by atoms with Crippen LogP contribution in [0, 0.1) is 17.0 Å². The van der Waals surface area contributed by atoms with Gasteiger partial charge < -0.3 is 15.1 Å². The molecule has 2 aromatic carbocycles. The lowest BCUT2D eigenvalue weighted by Gasteiger charge is -2.36. The van der Waals surface area contributed by atoms with Crippen LogP contribution in [0.5, 0.6) is 0 Å². The Morgan fingerprint density at radius 1 is 1.09 bits per heavy atom. The average Bonchev–Trinajstić information content (AvgIpc) is 2.83. The minimum Gasteiger partial charge on any atom is -0.367 e. The number of rotatable bonds is 7. The van der Waals surface area contributed by atoms with Crippen molar-refractivity contribution >= 4 is 51.4 Å². The highest BCUT2D eigenvalue weighted by molar-refractivity contribution is 8.00. The second kappa shape index (κ2) is 10.5. The molecule has 0 saturated carbocycles. The van der Waals surface area contributed by atoms with Crippen LogP contribution in [0.15, 0.2) is 54.9 Å². The molecule has 1 fully saturated rings. The number of piperazine rings is 1. The molecule has 0 radical (unpaired) electrons. The fourth-order valence-electron chi connectivity index (χ4n) is 4.03. The Kier molecular flexibility index (Phi) is 7.27. The first-order valence-electron chi connectivity index (χ1n) is 10.9. The van der Waals surface area contributed by atoms with E-state index in [1.807, 2.05) is 31.2 Å². The Morgan fingerprint density at radius 3 is 2.62 bits per heavy atom. The van der Waals surface area contributed by atoms with Crippen LogP contribution in [-0.2, 0) is 9.59 Å². The zero-order valence-electron chi connectivity index (χ0n) is 18.8. The third-order valence-electron chi connectivity index (χ3n) is 5.70. The van der Waals surface area contributed by atoms with Gasteiger partial charge in [0.1, 0.15) is 0 Å².